The van der Waals surface area contributed by atoms with Crippen LogP contribution in [0.3, 0.4) is 0 Å². The van der Waals surface area contributed by atoms with Crippen molar-refractivity contribution in [3.05, 3.63) is 0 Å². The zero-order valence-electron chi connectivity index (χ0n) is 11.9. The molecule has 0 aromatic rings. The average molecular weight is 314 g/mol. The first kappa shape index (κ1) is 17.4. The summed E-state index contributed by atoms with van der Waals surface area (Å²) < 4.78 is 40.3. The number of ether oxygens (including phenoxy) is 1. The van der Waals surface area contributed by atoms with Gasteiger partial charge in [0.05, 0.1) is 12.6 Å². The predicted octanol–water partition coefficient (Wildman–Crippen LogP) is 2.49. The van der Waals surface area contributed by atoms with Crippen molar-refractivity contribution in [2.75, 3.05) is 25.5 Å². The molecule has 0 saturated carbocycles. The summed E-state index contributed by atoms with van der Waals surface area (Å²) in [6.07, 6.45) is -4.34. The van der Waals surface area contributed by atoms with Crippen LogP contribution in [0.5, 0.6) is 0 Å². The Bertz CT molecular complexity index is 328. The van der Waals surface area contributed by atoms with Gasteiger partial charge in [-0.05, 0) is 13.8 Å². The fourth-order valence-corrected chi connectivity index (χ4v) is 3.01. The summed E-state index contributed by atoms with van der Waals surface area (Å²) in [5.41, 5.74) is 0. The second kappa shape index (κ2) is 7.40. The lowest BCUT2D eigenvalue weighted by atomic mass is 10.2. The normalized spacial score (nSPS) is 25.4. The molecular formula is C12H21F3N2O2S. The van der Waals surface area contributed by atoms with Gasteiger partial charge in [-0.15, -0.1) is 0 Å². The summed E-state index contributed by atoms with van der Waals surface area (Å²) >= 11 is 1.81. The van der Waals surface area contributed by atoms with E-state index in [4.69, 9.17) is 0 Å². The van der Waals surface area contributed by atoms with Crippen molar-refractivity contribution >= 4 is 17.8 Å². The lowest BCUT2D eigenvalue weighted by molar-refractivity contribution is -0.174. The van der Waals surface area contributed by atoms with Gasteiger partial charge in [0.2, 0.25) is 0 Å². The highest BCUT2D eigenvalue weighted by molar-refractivity contribution is 8.00. The molecule has 0 aliphatic carbocycles. The van der Waals surface area contributed by atoms with E-state index >= 15 is 0 Å². The third kappa shape index (κ3) is 5.78. The minimum atomic E-state index is -4.34. The number of alkyl halides is 3. The number of carbonyl (C=O) groups excluding carboxylic acids is 1. The summed E-state index contributed by atoms with van der Waals surface area (Å²) in [4.78, 5) is 13.8. The number of nitrogens with one attached hydrogen (secondary N) is 1. The van der Waals surface area contributed by atoms with Crippen LogP contribution in [0.15, 0.2) is 0 Å². The molecular weight excluding hydrogens is 293 g/mol. The summed E-state index contributed by atoms with van der Waals surface area (Å²) in [5.74, 6) is 0.873. The molecule has 3 atom stereocenters. The topological polar surface area (TPSA) is 41.6 Å². The van der Waals surface area contributed by atoms with E-state index in [2.05, 4.69) is 17.0 Å². The Morgan fingerprint density at radius 1 is 1.50 bits per heavy atom. The average Bonchev–Trinajstić information content (AvgIpc) is 2.30. The predicted molar refractivity (Wildman–Crippen MR) is 73.0 cm³/mol. The Balaban J connectivity index is 2.34. The van der Waals surface area contributed by atoms with Crippen molar-refractivity contribution < 1.29 is 22.7 Å². The zero-order chi connectivity index (χ0) is 15.3. The van der Waals surface area contributed by atoms with Gasteiger partial charge in [-0.1, -0.05) is 6.92 Å². The number of rotatable bonds is 4. The Kier molecular flexibility index (Phi) is 6.44. The van der Waals surface area contributed by atoms with Crippen LogP contribution in [0.1, 0.15) is 20.8 Å². The Morgan fingerprint density at radius 2 is 2.15 bits per heavy atom. The van der Waals surface area contributed by atoms with Gasteiger partial charge in [0, 0.05) is 23.6 Å². The third-order valence-corrected chi connectivity index (χ3v) is 4.49. The highest BCUT2D eigenvalue weighted by Crippen LogP contribution is 2.24. The first-order valence-electron chi connectivity index (χ1n) is 6.54. The molecule has 118 valence electrons. The Labute approximate surface area is 121 Å². The van der Waals surface area contributed by atoms with Crippen molar-refractivity contribution in [3.63, 3.8) is 0 Å². The molecule has 1 N–H and O–H groups in total. The largest absolute Gasteiger partial charge is 0.411 e. The van der Waals surface area contributed by atoms with E-state index in [0.717, 1.165) is 5.75 Å². The highest BCUT2D eigenvalue weighted by Gasteiger charge is 2.30. The molecule has 0 radical (unpaired) electrons. The summed E-state index contributed by atoms with van der Waals surface area (Å²) in [6, 6.07) is -0.591. The second-order valence-electron chi connectivity index (χ2n) is 4.99. The van der Waals surface area contributed by atoms with Crippen LogP contribution < -0.4 is 5.32 Å². The molecule has 4 nitrogen and oxygen atoms in total. The molecule has 2 amide bonds. The van der Waals surface area contributed by atoms with E-state index in [1.165, 1.54) is 0 Å². The van der Waals surface area contributed by atoms with E-state index in [1.54, 1.807) is 11.8 Å². The van der Waals surface area contributed by atoms with Crippen LogP contribution in [0, 0.1) is 0 Å². The quantitative estimate of drug-likeness (QED) is 0.867. The maximum absolute atomic E-state index is 12.1. The van der Waals surface area contributed by atoms with Crippen molar-refractivity contribution in [1.29, 1.82) is 0 Å². The minimum Gasteiger partial charge on any atom is -0.370 e. The number of urea groups is 1. The van der Waals surface area contributed by atoms with Gasteiger partial charge in [-0.3, -0.25) is 0 Å². The van der Waals surface area contributed by atoms with Gasteiger partial charge in [-0.2, -0.15) is 24.9 Å². The van der Waals surface area contributed by atoms with Crippen LogP contribution in [0.4, 0.5) is 18.0 Å². The maximum atomic E-state index is 12.1. The number of halogens is 3. The van der Waals surface area contributed by atoms with Crippen LogP contribution in [0.2, 0.25) is 0 Å². The SMILES string of the molecule is C[C@@H]1SCCN(C(=O)N[C@@H](C)COCC(F)(F)F)[C@H]1C. The number of hydrogen-bond acceptors (Lipinski definition) is 3. The van der Waals surface area contributed by atoms with Crippen molar-refractivity contribution in [1.82, 2.24) is 10.2 Å². The molecule has 0 unspecified atom stereocenters. The molecule has 0 aromatic carbocycles. The fraction of sp³-hybridized carbons (Fsp3) is 0.917. The lowest BCUT2D eigenvalue weighted by Crippen LogP contribution is -2.54. The molecule has 1 heterocycles. The first-order valence-corrected chi connectivity index (χ1v) is 7.59. The van der Waals surface area contributed by atoms with E-state index in [1.807, 2.05) is 18.7 Å². The monoisotopic (exact) mass is 314 g/mol. The van der Waals surface area contributed by atoms with Gasteiger partial charge >= 0.3 is 12.2 Å². The lowest BCUT2D eigenvalue weighted by Gasteiger charge is -2.38. The molecule has 1 saturated heterocycles. The van der Waals surface area contributed by atoms with E-state index in [9.17, 15) is 18.0 Å². The molecule has 1 rings (SSSR count). The first-order chi connectivity index (χ1) is 9.20. The third-order valence-electron chi connectivity index (χ3n) is 3.15. The van der Waals surface area contributed by atoms with Gasteiger partial charge in [-0.25, -0.2) is 4.79 Å². The van der Waals surface area contributed by atoms with Crippen molar-refractivity contribution in [2.24, 2.45) is 0 Å². The van der Waals surface area contributed by atoms with E-state index in [-0.39, 0.29) is 18.7 Å². The second-order valence-corrected chi connectivity index (χ2v) is 6.48. The zero-order valence-corrected chi connectivity index (χ0v) is 12.7. The number of hydrogen-bond donors (Lipinski definition) is 1. The van der Waals surface area contributed by atoms with Gasteiger partial charge in [0.25, 0.3) is 0 Å². The van der Waals surface area contributed by atoms with Gasteiger partial charge in [0.15, 0.2) is 0 Å². The molecule has 1 fully saturated rings. The highest BCUT2D eigenvalue weighted by atomic mass is 32.2. The fourth-order valence-electron chi connectivity index (χ4n) is 1.91. The number of thioether (sulfide) groups is 1. The minimum absolute atomic E-state index is 0.108. The van der Waals surface area contributed by atoms with Crippen LogP contribution >= 0.6 is 11.8 Å². The van der Waals surface area contributed by atoms with Crippen LogP contribution in [-0.2, 0) is 4.74 Å². The van der Waals surface area contributed by atoms with E-state index < -0.39 is 18.8 Å². The van der Waals surface area contributed by atoms with Crippen molar-refractivity contribution in [3.8, 4) is 0 Å². The summed E-state index contributed by atoms with van der Waals surface area (Å²) in [5, 5.41) is 3.03. The van der Waals surface area contributed by atoms with Gasteiger partial charge < -0.3 is 15.0 Å². The molecule has 1 aliphatic heterocycles. The van der Waals surface area contributed by atoms with Crippen LogP contribution in [-0.4, -0.2) is 60.0 Å². The van der Waals surface area contributed by atoms with Gasteiger partial charge in [0.1, 0.15) is 6.61 Å². The summed E-state index contributed by atoms with van der Waals surface area (Å²) in [7, 11) is 0. The molecule has 0 bridgehead atoms. The number of carbonyl (C=O) groups is 1. The Morgan fingerprint density at radius 3 is 2.75 bits per heavy atom. The smallest absolute Gasteiger partial charge is 0.370 e. The summed E-state index contributed by atoms with van der Waals surface area (Å²) in [6.45, 7) is 4.86. The van der Waals surface area contributed by atoms with Crippen molar-refractivity contribution in [2.45, 2.75) is 44.3 Å². The molecule has 1 aliphatic rings. The van der Waals surface area contributed by atoms with Crippen LogP contribution in [0.25, 0.3) is 0 Å². The number of amides is 2. The molecule has 0 spiro atoms. The standard InChI is InChI=1S/C12H21F3N2O2S/c1-8(6-19-7-12(13,14)15)16-11(18)17-4-5-20-10(3)9(17)2/h8-10H,4-7H2,1-3H3,(H,16,18)/t8-,9-,10-/m0/s1. The molecule has 0 aromatic heterocycles. The van der Waals surface area contributed by atoms with E-state index in [0.29, 0.717) is 11.8 Å². The maximum Gasteiger partial charge on any atom is 0.411 e. The Hall–Kier alpha value is -0.630. The molecule has 8 heteroatoms. The molecule has 20 heavy (non-hydrogen) atoms. The number of nitrogens with zero attached hydrogens (tertiary/aromatic N) is 1.